The van der Waals surface area contributed by atoms with Crippen LogP contribution < -0.4 is 5.11 Å². The summed E-state index contributed by atoms with van der Waals surface area (Å²) >= 11 is 1.16. The highest BCUT2D eigenvalue weighted by molar-refractivity contribution is 7.12. The first-order valence-electron chi connectivity index (χ1n) is 3.31. The van der Waals surface area contributed by atoms with Crippen molar-refractivity contribution >= 4 is 17.3 Å². The summed E-state index contributed by atoms with van der Waals surface area (Å²) in [5.74, 6) is -1.29. The lowest BCUT2D eigenvalue weighted by Gasteiger charge is -1.93. The summed E-state index contributed by atoms with van der Waals surface area (Å²) in [5, 5.41) is 19.5. The van der Waals surface area contributed by atoms with E-state index in [9.17, 15) is 9.90 Å². The molecule has 0 bridgehead atoms. The molecular formula is C6H3N4O2S-. The van der Waals surface area contributed by atoms with Gasteiger partial charge < -0.3 is 9.90 Å². The van der Waals surface area contributed by atoms with Crippen molar-refractivity contribution in [2.45, 2.75) is 0 Å². The molecule has 2 aromatic rings. The third-order valence-corrected chi connectivity index (χ3v) is 2.15. The van der Waals surface area contributed by atoms with Gasteiger partial charge in [0.25, 0.3) is 0 Å². The van der Waals surface area contributed by atoms with Gasteiger partial charge in [0.15, 0.2) is 0 Å². The molecule has 0 aliphatic rings. The van der Waals surface area contributed by atoms with Crippen molar-refractivity contribution in [2.24, 2.45) is 0 Å². The monoisotopic (exact) mass is 195 g/mol. The fraction of sp³-hybridized carbons (Fsp3) is 0. The number of carbonyl (C=O) groups is 1. The van der Waals surface area contributed by atoms with E-state index in [4.69, 9.17) is 0 Å². The van der Waals surface area contributed by atoms with Gasteiger partial charge in [-0.2, -0.15) is 4.68 Å². The van der Waals surface area contributed by atoms with Crippen molar-refractivity contribution in [1.82, 2.24) is 20.0 Å². The van der Waals surface area contributed by atoms with E-state index in [-0.39, 0.29) is 5.69 Å². The van der Waals surface area contributed by atoms with Crippen LogP contribution in [0.5, 0.6) is 0 Å². The Kier molecular flexibility index (Phi) is 1.78. The van der Waals surface area contributed by atoms with Crippen LogP contribution in [0.4, 0.5) is 0 Å². The first-order valence-corrected chi connectivity index (χ1v) is 4.19. The standard InChI is InChI=1S/C6H4N4O2S/c11-5(12)4-3-13-6(8-4)10-2-1-7-9-10/h1-3H,(H,11,12)/p-1. The summed E-state index contributed by atoms with van der Waals surface area (Å²) in [6, 6.07) is 0. The highest BCUT2D eigenvalue weighted by Gasteiger charge is 2.04. The molecule has 0 radical (unpaired) electrons. The topological polar surface area (TPSA) is 83.7 Å². The molecule has 2 rings (SSSR count). The van der Waals surface area contributed by atoms with E-state index in [0.29, 0.717) is 5.13 Å². The number of hydrogen-bond acceptors (Lipinski definition) is 6. The van der Waals surface area contributed by atoms with E-state index in [2.05, 4.69) is 15.3 Å². The first-order chi connectivity index (χ1) is 6.27. The van der Waals surface area contributed by atoms with Gasteiger partial charge in [0, 0.05) is 5.38 Å². The van der Waals surface area contributed by atoms with E-state index < -0.39 is 5.97 Å². The Bertz CT molecular complexity index is 422. The molecule has 0 aromatic carbocycles. The van der Waals surface area contributed by atoms with Crippen LogP contribution in [0.2, 0.25) is 0 Å². The Morgan fingerprint density at radius 3 is 3.00 bits per heavy atom. The van der Waals surface area contributed by atoms with Crippen LogP contribution in [0, 0.1) is 0 Å². The number of carbonyl (C=O) groups excluding carboxylic acids is 1. The molecule has 7 heteroatoms. The normalized spacial score (nSPS) is 10.2. The molecule has 0 fully saturated rings. The zero-order valence-electron chi connectivity index (χ0n) is 6.25. The number of carboxylic acids is 1. The minimum absolute atomic E-state index is 0.0875. The molecule has 66 valence electrons. The number of rotatable bonds is 2. The lowest BCUT2D eigenvalue weighted by atomic mass is 10.5. The van der Waals surface area contributed by atoms with Crippen LogP contribution in [-0.4, -0.2) is 25.9 Å². The largest absolute Gasteiger partial charge is 0.543 e. The molecule has 0 aliphatic heterocycles. The highest BCUT2D eigenvalue weighted by atomic mass is 32.1. The summed E-state index contributed by atoms with van der Waals surface area (Å²) in [6.45, 7) is 0. The fourth-order valence-corrected chi connectivity index (χ4v) is 1.50. The smallest absolute Gasteiger partial charge is 0.212 e. The molecule has 0 saturated heterocycles. The molecule has 13 heavy (non-hydrogen) atoms. The Morgan fingerprint density at radius 1 is 1.62 bits per heavy atom. The summed E-state index contributed by atoms with van der Waals surface area (Å²) in [6.07, 6.45) is 3.07. The van der Waals surface area contributed by atoms with Crippen molar-refractivity contribution in [2.75, 3.05) is 0 Å². The molecule has 6 nitrogen and oxygen atoms in total. The van der Waals surface area contributed by atoms with E-state index in [0.717, 1.165) is 11.3 Å². The maximum absolute atomic E-state index is 10.4. The van der Waals surface area contributed by atoms with Crippen LogP contribution in [0.3, 0.4) is 0 Å². The molecule has 0 saturated carbocycles. The van der Waals surface area contributed by atoms with Gasteiger partial charge in [-0.05, 0) is 0 Å². The van der Waals surface area contributed by atoms with E-state index in [1.54, 1.807) is 6.20 Å². The maximum Gasteiger partial charge on any atom is 0.212 e. The van der Waals surface area contributed by atoms with Crippen LogP contribution in [0.25, 0.3) is 5.13 Å². The van der Waals surface area contributed by atoms with Crippen molar-refractivity contribution in [3.8, 4) is 5.13 Å². The van der Waals surface area contributed by atoms with Crippen molar-refractivity contribution in [1.29, 1.82) is 0 Å². The molecule has 2 aromatic heterocycles. The number of carboxylic acid groups (broad SMARTS) is 1. The summed E-state index contributed by atoms with van der Waals surface area (Å²) < 4.78 is 1.39. The van der Waals surface area contributed by atoms with E-state index >= 15 is 0 Å². The highest BCUT2D eigenvalue weighted by Crippen LogP contribution is 2.12. The van der Waals surface area contributed by atoms with Crippen LogP contribution in [0.1, 0.15) is 10.5 Å². The Labute approximate surface area is 76.5 Å². The molecule has 0 spiro atoms. The Morgan fingerprint density at radius 2 is 2.46 bits per heavy atom. The number of hydrogen-bond donors (Lipinski definition) is 0. The molecule has 0 atom stereocenters. The minimum atomic E-state index is -1.29. The average Bonchev–Trinajstić information content (AvgIpc) is 2.75. The third kappa shape index (κ3) is 1.41. The fourth-order valence-electron chi connectivity index (χ4n) is 0.773. The average molecular weight is 195 g/mol. The third-order valence-electron chi connectivity index (χ3n) is 1.32. The lowest BCUT2D eigenvalue weighted by Crippen LogP contribution is -2.22. The van der Waals surface area contributed by atoms with Gasteiger partial charge in [0.05, 0.1) is 24.1 Å². The molecule has 0 aliphatic carbocycles. The zero-order valence-corrected chi connectivity index (χ0v) is 7.06. The molecule has 0 N–H and O–H groups in total. The number of thiazole rings is 1. The summed E-state index contributed by atoms with van der Waals surface area (Å²) in [7, 11) is 0. The predicted octanol–water partition coefficient (Wildman–Crippen LogP) is -0.913. The zero-order chi connectivity index (χ0) is 9.26. The van der Waals surface area contributed by atoms with Gasteiger partial charge in [0.1, 0.15) is 0 Å². The second-order valence-electron chi connectivity index (χ2n) is 2.15. The number of nitrogens with zero attached hydrogens (tertiary/aromatic N) is 4. The molecular weight excluding hydrogens is 192 g/mol. The van der Waals surface area contributed by atoms with Gasteiger partial charge in [-0.25, -0.2) is 4.98 Å². The molecule has 0 unspecified atom stereocenters. The predicted molar refractivity (Wildman–Crippen MR) is 41.4 cm³/mol. The molecule has 2 heterocycles. The van der Waals surface area contributed by atoms with Crippen LogP contribution in [0.15, 0.2) is 17.8 Å². The summed E-state index contributed by atoms with van der Waals surface area (Å²) in [5.41, 5.74) is -0.0875. The van der Waals surface area contributed by atoms with E-state index in [1.165, 1.54) is 16.3 Å². The van der Waals surface area contributed by atoms with Crippen LogP contribution >= 0.6 is 11.3 Å². The van der Waals surface area contributed by atoms with Crippen molar-refractivity contribution in [3.63, 3.8) is 0 Å². The Balaban J connectivity index is 2.39. The number of aromatic nitrogens is 4. The van der Waals surface area contributed by atoms with Gasteiger partial charge in [-0.1, -0.05) is 5.21 Å². The number of aromatic carboxylic acids is 1. The lowest BCUT2D eigenvalue weighted by molar-refractivity contribution is -0.255. The Hall–Kier alpha value is -1.76. The van der Waals surface area contributed by atoms with Crippen molar-refractivity contribution < 1.29 is 9.90 Å². The SMILES string of the molecule is O=C([O-])c1csc(-n2ccnn2)n1. The second-order valence-corrected chi connectivity index (χ2v) is 2.99. The second kappa shape index (κ2) is 2.94. The van der Waals surface area contributed by atoms with Gasteiger partial charge in [0.2, 0.25) is 5.13 Å². The quantitative estimate of drug-likeness (QED) is 0.619. The van der Waals surface area contributed by atoms with Gasteiger partial charge in [-0.15, -0.1) is 16.4 Å². The first kappa shape index (κ1) is 7.87. The minimum Gasteiger partial charge on any atom is -0.543 e. The van der Waals surface area contributed by atoms with Gasteiger partial charge in [-0.3, -0.25) is 0 Å². The van der Waals surface area contributed by atoms with Crippen molar-refractivity contribution in [3.05, 3.63) is 23.5 Å². The van der Waals surface area contributed by atoms with Gasteiger partial charge >= 0.3 is 0 Å². The molecule has 0 amide bonds. The van der Waals surface area contributed by atoms with Crippen LogP contribution in [-0.2, 0) is 0 Å². The van der Waals surface area contributed by atoms with E-state index in [1.807, 2.05) is 0 Å². The summed E-state index contributed by atoms with van der Waals surface area (Å²) in [4.78, 5) is 14.1. The maximum atomic E-state index is 10.4.